The number of carbonyl (C=O) groups is 2. The molecule has 0 aliphatic heterocycles. The molecule has 0 fully saturated rings. The van der Waals surface area contributed by atoms with E-state index in [1.165, 1.54) is 12.3 Å². The van der Waals surface area contributed by atoms with E-state index in [0.717, 1.165) is 6.20 Å². The second kappa shape index (κ2) is 5.70. The Bertz CT molecular complexity index is 729. The number of hydrogen-bond acceptors (Lipinski definition) is 3. The standard InChI is InChI=1S/C15H13FN2O3/c1-8-3-4-9(2)13(15(20)21)12(8)14(19)18-11-5-6-17-7-10(11)16/h3-7H,1-2H3,(H,20,21)(H,17,18,19). The summed E-state index contributed by atoms with van der Waals surface area (Å²) in [4.78, 5) is 27.2. The van der Waals surface area contributed by atoms with Crippen molar-refractivity contribution in [1.82, 2.24) is 4.98 Å². The van der Waals surface area contributed by atoms with Crippen molar-refractivity contribution in [2.45, 2.75) is 13.8 Å². The first-order valence-electron chi connectivity index (χ1n) is 6.16. The van der Waals surface area contributed by atoms with Gasteiger partial charge in [-0.1, -0.05) is 12.1 Å². The lowest BCUT2D eigenvalue weighted by Gasteiger charge is -2.13. The lowest BCUT2D eigenvalue weighted by Crippen LogP contribution is -2.19. The largest absolute Gasteiger partial charge is 0.478 e. The van der Waals surface area contributed by atoms with Crippen LogP contribution in [0, 0.1) is 19.7 Å². The number of nitrogens with one attached hydrogen (secondary N) is 1. The Hall–Kier alpha value is -2.76. The molecule has 2 aromatic rings. The van der Waals surface area contributed by atoms with Gasteiger partial charge in [-0.3, -0.25) is 9.78 Å². The minimum absolute atomic E-state index is 0.0266. The topological polar surface area (TPSA) is 79.3 Å². The van der Waals surface area contributed by atoms with Gasteiger partial charge in [-0.15, -0.1) is 0 Å². The molecule has 0 aliphatic rings. The van der Waals surface area contributed by atoms with Crippen LogP contribution in [0.1, 0.15) is 31.8 Å². The summed E-state index contributed by atoms with van der Waals surface area (Å²) < 4.78 is 13.5. The maximum Gasteiger partial charge on any atom is 0.336 e. The summed E-state index contributed by atoms with van der Waals surface area (Å²) in [5, 5.41) is 11.6. The molecule has 0 aliphatic carbocycles. The van der Waals surface area contributed by atoms with Gasteiger partial charge < -0.3 is 10.4 Å². The number of rotatable bonds is 3. The van der Waals surface area contributed by atoms with Crippen molar-refractivity contribution in [3.63, 3.8) is 0 Å². The van der Waals surface area contributed by atoms with Crippen LogP contribution in [0.4, 0.5) is 10.1 Å². The van der Waals surface area contributed by atoms with Gasteiger partial charge in [-0.2, -0.15) is 0 Å². The zero-order chi connectivity index (χ0) is 15.6. The van der Waals surface area contributed by atoms with E-state index in [9.17, 15) is 19.1 Å². The lowest BCUT2D eigenvalue weighted by molar-refractivity contribution is 0.0691. The molecule has 1 amide bonds. The normalized spacial score (nSPS) is 10.2. The van der Waals surface area contributed by atoms with Crippen molar-refractivity contribution in [2.75, 3.05) is 5.32 Å². The number of amides is 1. The van der Waals surface area contributed by atoms with Crippen LogP contribution in [0.3, 0.4) is 0 Å². The number of carboxylic acids is 1. The number of aromatic carboxylic acids is 1. The summed E-state index contributed by atoms with van der Waals surface area (Å²) in [6.07, 6.45) is 2.30. The molecule has 108 valence electrons. The molecular weight excluding hydrogens is 275 g/mol. The maximum absolute atomic E-state index is 13.5. The number of carboxylic acid groups (broad SMARTS) is 1. The first-order valence-corrected chi connectivity index (χ1v) is 6.16. The van der Waals surface area contributed by atoms with Gasteiger partial charge >= 0.3 is 5.97 Å². The van der Waals surface area contributed by atoms with Crippen molar-refractivity contribution in [3.8, 4) is 0 Å². The molecular formula is C15H13FN2O3. The highest BCUT2D eigenvalue weighted by Gasteiger charge is 2.22. The molecule has 1 heterocycles. The molecule has 0 spiro atoms. The fraction of sp³-hybridized carbons (Fsp3) is 0.133. The van der Waals surface area contributed by atoms with E-state index >= 15 is 0 Å². The van der Waals surface area contributed by atoms with Crippen molar-refractivity contribution >= 4 is 17.6 Å². The molecule has 0 unspecified atom stereocenters. The Kier molecular flexibility index (Phi) is 3.98. The summed E-state index contributed by atoms with van der Waals surface area (Å²) >= 11 is 0. The number of carbonyl (C=O) groups excluding carboxylic acids is 1. The Morgan fingerprint density at radius 1 is 1.14 bits per heavy atom. The minimum atomic E-state index is -1.20. The third-order valence-electron chi connectivity index (χ3n) is 3.08. The first-order chi connectivity index (χ1) is 9.91. The highest BCUT2D eigenvalue weighted by molar-refractivity contribution is 6.12. The van der Waals surface area contributed by atoms with Crippen molar-refractivity contribution in [1.29, 1.82) is 0 Å². The van der Waals surface area contributed by atoms with Crippen molar-refractivity contribution < 1.29 is 19.1 Å². The molecule has 2 N–H and O–H groups in total. The van der Waals surface area contributed by atoms with E-state index in [4.69, 9.17) is 0 Å². The van der Waals surface area contributed by atoms with E-state index in [-0.39, 0.29) is 16.8 Å². The van der Waals surface area contributed by atoms with Gasteiger partial charge in [0.1, 0.15) is 0 Å². The van der Waals surface area contributed by atoms with Crippen molar-refractivity contribution in [2.24, 2.45) is 0 Å². The zero-order valence-electron chi connectivity index (χ0n) is 11.5. The first kappa shape index (κ1) is 14.6. The summed E-state index contributed by atoms with van der Waals surface area (Å²) in [5.74, 6) is -2.55. The molecule has 0 saturated heterocycles. The number of anilines is 1. The van der Waals surface area contributed by atoms with Crippen LogP contribution < -0.4 is 5.32 Å². The third-order valence-corrected chi connectivity index (χ3v) is 3.08. The number of benzene rings is 1. The predicted molar refractivity (Wildman–Crippen MR) is 75.0 cm³/mol. The number of nitrogens with zero attached hydrogens (tertiary/aromatic N) is 1. The Labute approximate surface area is 120 Å². The molecule has 0 atom stereocenters. The smallest absolute Gasteiger partial charge is 0.336 e. The average Bonchev–Trinajstić information content (AvgIpc) is 2.43. The van der Waals surface area contributed by atoms with Gasteiger partial charge in [0.25, 0.3) is 5.91 Å². The van der Waals surface area contributed by atoms with Crippen LogP contribution in [0.2, 0.25) is 0 Å². The predicted octanol–water partition coefficient (Wildman–Crippen LogP) is 2.79. The second-order valence-corrected chi connectivity index (χ2v) is 4.56. The average molecular weight is 288 g/mol. The van der Waals surface area contributed by atoms with Crippen LogP contribution in [0.5, 0.6) is 0 Å². The highest BCUT2D eigenvalue weighted by atomic mass is 19.1. The van der Waals surface area contributed by atoms with Gasteiger partial charge in [0, 0.05) is 6.20 Å². The second-order valence-electron chi connectivity index (χ2n) is 4.56. The van der Waals surface area contributed by atoms with E-state index in [2.05, 4.69) is 10.3 Å². The van der Waals surface area contributed by atoms with Crippen LogP contribution in [-0.2, 0) is 0 Å². The molecule has 0 saturated carbocycles. The number of pyridine rings is 1. The van der Waals surface area contributed by atoms with Gasteiger partial charge in [-0.05, 0) is 31.0 Å². The SMILES string of the molecule is Cc1ccc(C)c(C(=O)Nc2ccncc2F)c1C(=O)O. The Morgan fingerprint density at radius 2 is 1.76 bits per heavy atom. The fourth-order valence-corrected chi connectivity index (χ4v) is 2.04. The van der Waals surface area contributed by atoms with E-state index < -0.39 is 17.7 Å². The number of halogens is 1. The molecule has 0 bridgehead atoms. The summed E-state index contributed by atoms with van der Waals surface area (Å²) in [6.45, 7) is 3.23. The van der Waals surface area contributed by atoms with E-state index in [0.29, 0.717) is 11.1 Å². The molecule has 5 nitrogen and oxygen atoms in total. The quantitative estimate of drug-likeness (QED) is 0.910. The van der Waals surface area contributed by atoms with Gasteiger partial charge in [0.15, 0.2) is 5.82 Å². The monoisotopic (exact) mass is 288 g/mol. The van der Waals surface area contributed by atoms with Gasteiger partial charge in [-0.25, -0.2) is 9.18 Å². The summed E-state index contributed by atoms with van der Waals surface area (Å²) in [7, 11) is 0. The molecule has 6 heteroatoms. The number of aromatic nitrogens is 1. The van der Waals surface area contributed by atoms with Gasteiger partial charge in [0.2, 0.25) is 0 Å². The van der Waals surface area contributed by atoms with E-state index in [1.807, 2.05) is 0 Å². The van der Waals surface area contributed by atoms with Crippen LogP contribution in [0.15, 0.2) is 30.6 Å². The third kappa shape index (κ3) is 2.89. The molecule has 0 radical (unpaired) electrons. The molecule has 1 aromatic carbocycles. The molecule has 21 heavy (non-hydrogen) atoms. The maximum atomic E-state index is 13.5. The lowest BCUT2D eigenvalue weighted by atomic mass is 9.96. The summed E-state index contributed by atoms with van der Waals surface area (Å²) in [6, 6.07) is 4.58. The van der Waals surface area contributed by atoms with E-state index in [1.54, 1.807) is 26.0 Å². The highest BCUT2D eigenvalue weighted by Crippen LogP contribution is 2.21. The number of aryl methyl sites for hydroxylation is 2. The van der Waals surface area contributed by atoms with Crippen LogP contribution >= 0.6 is 0 Å². The molecule has 1 aromatic heterocycles. The van der Waals surface area contributed by atoms with Crippen molar-refractivity contribution in [3.05, 3.63) is 58.7 Å². The fourth-order valence-electron chi connectivity index (χ4n) is 2.04. The zero-order valence-corrected chi connectivity index (χ0v) is 11.5. The van der Waals surface area contributed by atoms with Crippen LogP contribution in [0.25, 0.3) is 0 Å². The molecule has 2 rings (SSSR count). The summed E-state index contributed by atoms with van der Waals surface area (Å²) in [5.41, 5.74) is 0.867. The van der Waals surface area contributed by atoms with Gasteiger partial charge in [0.05, 0.1) is 23.0 Å². The Balaban J connectivity index is 2.47. The minimum Gasteiger partial charge on any atom is -0.478 e. The number of hydrogen-bond donors (Lipinski definition) is 2. The Morgan fingerprint density at radius 3 is 2.33 bits per heavy atom. The van der Waals surface area contributed by atoms with Crippen LogP contribution in [-0.4, -0.2) is 22.0 Å².